The molecule has 0 bridgehead atoms. The highest BCUT2D eigenvalue weighted by Gasteiger charge is 2.22. The number of methoxy groups -OCH3 is 2. The van der Waals surface area contributed by atoms with Crippen LogP contribution in [0.15, 0.2) is 18.2 Å². The van der Waals surface area contributed by atoms with Crippen LogP contribution in [0.1, 0.15) is 19.8 Å². The van der Waals surface area contributed by atoms with E-state index in [1.807, 2.05) is 18.2 Å². The Labute approximate surface area is 122 Å². The Morgan fingerprint density at radius 1 is 1.15 bits per heavy atom. The van der Waals surface area contributed by atoms with E-state index in [0.29, 0.717) is 6.04 Å². The Morgan fingerprint density at radius 3 is 2.40 bits per heavy atom. The van der Waals surface area contributed by atoms with Crippen molar-refractivity contribution in [3.8, 4) is 11.5 Å². The molecule has 1 aliphatic heterocycles. The average molecular weight is 278 g/mol. The van der Waals surface area contributed by atoms with Gasteiger partial charge in [-0.2, -0.15) is 0 Å². The second-order valence-corrected chi connectivity index (χ2v) is 5.64. The maximum absolute atomic E-state index is 5.35. The molecule has 0 aliphatic carbocycles. The lowest BCUT2D eigenvalue weighted by Crippen LogP contribution is -2.37. The molecule has 112 valence electrons. The number of benzene rings is 1. The number of rotatable bonds is 5. The largest absolute Gasteiger partial charge is 0.493 e. The van der Waals surface area contributed by atoms with Gasteiger partial charge in [0.15, 0.2) is 11.5 Å². The number of nitrogens with one attached hydrogen (secondary N) is 1. The Morgan fingerprint density at radius 2 is 1.80 bits per heavy atom. The third kappa shape index (κ3) is 3.57. The number of nitrogens with zero attached hydrogens (tertiary/aromatic N) is 1. The lowest BCUT2D eigenvalue weighted by atomic mass is 9.90. The minimum Gasteiger partial charge on any atom is -0.493 e. The molecule has 0 saturated carbocycles. The molecular weight excluding hydrogens is 252 g/mol. The van der Waals surface area contributed by atoms with E-state index in [1.165, 1.54) is 25.9 Å². The van der Waals surface area contributed by atoms with Crippen LogP contribution in [0.4, 0.5) is 5.69 Å². The molecule has 1 aromatic rings. The van der Waals surface area contributed by atoms with Crippen molar-refractivity contribution in [3.05, 3.63) is 18.2 Å². The normalized spacial score (nSPS) is 18.6. The lowest BCUT2D eigenvalue weighted by molar-refractivity contribution is 0.208. The molecule has 20 heavy (non-hydrogen) atoms. The molecule has 0 aromatic heterocycles. The maximum atomic E-state index is 5.35. The quantitative estimate of drug-likeness (QED) is 0.898. The van der Waals surface area contributed by atoms with Crippen LogP contribution in [0, 0.1) is 5.92 Å². The van der Waals surface area contributed by atoms with E-state index in [1.54, 1.807) is 14.2 Å². The van der Waals surface area contributed by atoms with Crippen molar-refractivity contribution in [3.63, 3.8) is 0 Å². The van der Waals surface area contributed by atoms with Crippen molar-refractivity contribution in [1.29, 1.82) is 0 Å². The highest BCUT2D eigenvalue weighted by molar-refractivity contribution is 5.55. The summed E-state index contributed by atoms with van der Waals surface area (Å²) in [6.07, 6.45) is 2.52. The van der Waals surface area contributed by atoms with Crippen molar-refractivity contribution in [2.24, 2.45) is 5.92 Å². The number of hydrogen-bond acceptors (Lipinski definition) is 4. The molecule has 4 nitrogen and oxygen atoms in total. The molecule has 1 aromatic carbocycles. The molecule has 4 heteroatoms. The zero-order chi connectivity index (χ0) is 14.5. The van der Waals surface area contributed by atoms with Crippen LogP contribution in [0.2, 0.25) is 0 Å². The molecule has 1 heterocycles. The molecule has 1 saturated heterocycles. The van der Waals surface area contributed by atoms with E-state index >= 15 is 0 Å². The summed E-state index contributed by atoms with van der Waals surface area (Å²) in [6.45, 7) is 4.66. The Balaban J connectivity index is 1.98. The molecule has 1 fully saturated rings. The van der Waals surface area contributed by atoms with Gasteiger partial charge in [-0.15, -0.1) is 0 Å². The Bertz CT molecular complexity index is 428. The van der Waals surface area contributed by atoms with Gasteiger partial charge in [-0.25, -0.2) is 0 Å². The van der Waals surface area contributed by atoms with E-state index < -0.39 is 0 Å². The number of anilines is 1. The minimum absolute atomic E-state index is 0.474. The Kier molecular flexibility index (Phi) is 5.12. The second kappa shape index (κ2) is 6.84. The second-order valence-electron chi connectivity index (χ2n) is 5.64. The zero-order valence-corrected chi connectivity index (χ0v) is 13.0. The van der Waals surface area contributed by atoms with Crippen LogP contribution in [-0.2, 0) is 0 Å². The van der Waals surface area contributed by atoms with Crippen molar-refractivity contribution < 1.29 is 9.47 Å². The first kappa shape index (κ1) is 15.0. The summed E-state index contributed by atoms with van der Waals surface area (Å²) in [7, 11) is 5.52. The van der Waals surface area contributed by atoms with Gasteiger partial charge in [0.05, 0.1) is 14.2 Å². The minimum atomic E-state index is 0.474. The van der Waals surface area contributed by atoms with Gasteiger partial charge < -0.3 is 19.7 Å². The third-order valence-corrected chi connectivity index (χ3v) is 4.25. The SMILES string of the molecule is COc1ccc(NC(C)C2CCN(C)CC2)cc1OC. The molecule has 1 aliphatic rings. The molecule has 1 N–H and O–H groups in total. The van der Waals surface area contributed by atoms with E-state index in [9.17, 15) is 0 Å². The van der Waals surface area contributed by atoms with Crippen molar-refractivity contribution in [2.75, 3.05) is 39.7 Å². The number of piperidine rings is 1. The molecule has 2 rings (SSSR count). The van der Waals surface area contributed by atoms with E-state index in [2.05, 4.69) is 24.2 Å². The van der Waals surface area contributed by atoms with Crippen LogP contribution in [0.5, 0.6) is 11.5 Å². The molecular formula is C16H26N2O2. The van der Waals surface area contributed by atoms with Gasteiger partial charge in [0.2, 0.25) is 0 Å². The smallest absolute Gasteiger partial charge is 0.162 e. The fourth-order valence-electron chi connectivity index (χ4n) is 2.84. The first-order valence-electron chi connectivity index (χ1n) is 7.31. The summed E-state index contributed by atoms with van der Waals surface area (Å²) in [5.74, 6) is 2.28. The van der Waals surface area contributed by atoms with Crippen LogP contribution >= 0.6 is 0 Å². The van der Waals surface area contributed by atoms with E-state index in [-0.39, 0.29) is 0 Å². The maximum Gasteiger partial charge on any atom is 0.162 e. The fraction of sp³-hybridized carbons (Fsp3) is 0.625. The summed E-state index contributed by atoms with van der Waals surface area (Å²) >= 11 is 0. The summed E-state index contributed by atoms with van der Waals surface area (Å²) in [6, 6.07) is 6.47. The van der Waals surface area contributed by atoms with Crippen LogP contribution in [0.3, 0.4) is 0 Å². The average Bonchev–Trinajstić information content (AvgIpc) is 2.47. The van der Waals surface area contributed by atoms with Gasteiger partial charge in [-0.3, -0.25) is 0 Å². The number of ether oxygens (including phenoxy) is 2. The summed E-state index contributed by atoms with van der Waals surface area (Å²) < 4.78 is 10.6. The van der Waals surface area contributed by atoms with Crippen molar-refractivity contribution >= 4 is 5.69 Å². The van der Waals surface area contributed by atoms with Gasteiger partial charge in [0.1, 0.15) is 0 Å². The number of hydrogen-bond donors (Lipinski definition) is 1. The van der Waals surface area contributed by atoms with E-state index in [4.69, 9.17) is 9.47 Å². The molecule has 0 spiro atoms. The Hall–Kier alpha value is -1.42. The van der Waals surface area contributed by atoms with Gasteiger partial charge in [0, 0.05) is 17.8 Å². The van der Waals surface area contributed by atoms with Gasteiger partial charge in [0.25, 0.3) is 0 Å². The van der Waals surface area contributed by atoms with Crippen molar-refractivity contribution in [2.45, 2.75) is 25.8 Å². The predicted octanol–water partition coefficient (Wildman–Crippen LogP) is 2.85. The summed E-state index contributed by atoms with van der Waals surface area (Å²) in [4.78, 5) is 2.40. The topological polar surface area (TPSA) is 33.7 Å². The first-order chi connectivity index (χ1) is 9.63. The first-order valence-corrected chi connectivity index (χ1v) is 7.31. The number of likely N-dealkylation sites (tertiary alicyclic amines) is 1. The predicted molar refractivity (Wildman–Crippen MR) is 82.9 cm³/mol. The highest BCUT2D eigenvalue weighted by Crippen LogP contribution is 2.31. The zero-order valence-electron chi connectivity index (χ0n) is 13.0. The van der Waals surface area contributed by atoms with Crippen LogP contribution in [-0.4, -0.2) is 45.3 Å². The lowest BCUT2D eigenvalue weighted by Gasteiger charge is -2.33. The third-order valence-electron chi connectivity index (χ3n) is 4.25. The highest BCUT2D eigenvalue weighted by atomic mass is 16.5. The summed E-state index contributed by atoms with van der Waals surface area (Å²) in [5.41, 5.74) is 1.09. The molecule has 0 radical (unpaired) electrons. The summed E-state index contributed by atoms with van der Waals surface area (Å²) in [5, 5.41) is 3.60. The van der Waals surface area contributed by atoms with Gasteiger partial charge in [-0.05, 0) is 58.0 Å². The van der Waals surface area contributed by atoms with Crippen LogP contribution < -0.4 is 14.8 Å². The van der Waals surface area contributed by atoms with E-state index in [0.717, 1.165) is 23.1 Å². The van der Waals surface area contributed by atoms with Crippen molar-refractivity contribution in [1.82, 2.24) is 4.90 Å². The fourth-order valence-corrected chi connectivity index (χ4v) is 2.84. The van der Waals surface area contributed by atoms with Gasteiger partial charge >= 0.3 is 0 Å². The molecule has 0 amide bonds. The molecule has 1 atom stereocenters. The monoisotopic (exact) mass is 278 g/mol. The van der Waals surface area contributed by atoms with Crippen LogP contribution in [0.25, 0.3) is 0 Å². The van der Waals surface area contributed by atoms with Gasteiger partial charge in [-0.1, -0.05) is 0 Å². The standard InChI is InChI=1S/C16H26N2O2/c1-12(13-7-9-18(2)10-8-13)17-14-5-6-15(19-3)16(11-14)20-4/h5-6,11-13,17H,7-10H2,1-4H3. The molecule has 1 unspecified atom stereocenters.